The van der Waals surface area contributed by atoms with E-state index in [1.165, 1.54) is 10.7 Å². The third kappa shape index (κ3) is 4.44. The Morgan fingerprint density at radius 2 is 1.59 bits per heavy atom. The predicted molar refractivity (Wildman–Crippen MR) is 111 cm³/mol. The number of anilines is 1. The molecule has 1 heterocycles. The minimum absolute atomic E-state index is 0.00238. The topological polar surface area (TPSA) is 76.4 Å². The van der Waals surface area contributed by atoms with E-state index < -0.39 is 5.91 Å². The molecule has 1 aromatic heterocycles. The van der Waals surface area contributed by atoms with E-state index in [2.05, 4.69) is 22.5 Å². The Labute approximate surface area is 168 Å². The number of phenols is 1. The Balaban J connectivity index is 1.36. The first-order valence-corrected chi connectivity index (χ1v) is 9.10. The van der Waals surface area contributed by atoms with Crippen LogP contribution in [0.25, 0.3) is 11.1 Å². The van der Waals surface area contributed by atoms with Gasteiger partial charge in [0.15, 0.2) is 12.4 Å². The summed E-state index contributed by atoms with van der Waals surface area (Å²) in [4.78, 5) is 12.3. The number of hydrogen-bond donors (Lipinski definition) is 2. The third-order valence-electron chi connectivity index (χ3n) is 4.35. The molecule has 29 heavy (non-hydrogen) atoms. The Morgan fingerprint density at radius 1 is 0.897 bits per heavy atom. The van der Waals surface area contributed by atoms with Gasteiger partial charge >= 0.3 is 0 Å². The number of aromatic hydroxyl groups is 1. The molecule has 0 radical (unpaired) electrons. The Kier molecular flexibility index (Phi) is 5.25. The number of carbonyl (C=O) groups excluding carboxylic acids is 1. The number of phenolic OH excluding ortho intramolecular Hbond substituents is 1. The zero-order valence-electron chi connectivity index (χ0n) is 15.5. The van der Waals surface area contributed by atoms with Gasteiger partial charge in [0.25, 0.3) is 5.91 Å². The highest BCUT2D eigenvalue weighted by Crippen LogP contribution is 2.23. The van der Waals surface area contributed by atoms with Crippen LogP contribution in [0.2, 0.25) is 0 Å². The van der Waals surface area contributed by atoms with Crippen molar-refractivity contribution in [3.63, 3.8) is 0 Å². The van der Waals surface area contributed by atoms with Crippen molar-refractivity contribution in [2.75, 3.05) is 5.32 Å². The minimum Gasteiger partial charge on any atom is -0.506 e. The average molecular weight is 385 g/mol. The second-order valence-electron chi connectivity index (χ2n) is 6.38. The van der Waals surface area contributed by atoms with Gasteiger partial charge in [-0.2, -0.15) is 5.10 Å². The first-order valence-electron chi connectivity index (χ1n) is 9.10. The number of nitrogens with zero attached hydrogens (tertiary/aromatic N) is 2. The maximum Gasteiger partial charge on any atom is 0.276 e. The largest absolute Gasteiger partial charge is 0.506 e. The summed E-state index contributed by atoms with van der Waals surface area (Å²) < 4.78 is 7.27. The lowest BCUT2D eigenvalue weighted by Gasteiger charge is -2.08. The van der Waals surface area contributed by atoms with E-state index in [9.17, 15) is 9.90 Å². The van der Waals surface area contributed by atoms with Crippen LogP contribution in [0.5, 0.6) is 11.5 Å². The quantitative estimate of drug-likeness (QED) is 0.478. The van der Waals surface area contributed by atoms with Gasteiger partial charge in [0.1, 0.15) is 11.5 Å². The summed E-state index contributed by atoms with van der Waals surface area (Å²) in [6, 6.07) is 26.0. The first-order chi connectivity index (χ1) is 14.2. The number of nitrogens with one attached hydrogen (secondary N) is 1. The average Bonchev–Trinajstić information content (AvgIpc) is 3.24. The fourth-order valence-electron chi connectivity index (χ4n) is 2.84. The molecular formula is C23H19N3O3. The van der Waals surface area contributed by atoms with Gasteiger partial charge in [-0.15, -0.1) is 0 Å². The van der Waals surface area contributed by atoms with E-state index in [1.54, 1.807) is 30.5 Å². The maximum absolute atomic E-state index is 12.3. The summed E-state index contributed by atoms with van der Waals surface area (Å²) in [5.74, 6) is 0.306. The van der Waals surface area contributed by atoms with Crippen LogP contribution in [-0.4, -0.2) is 20.8 Å². The molecular weight excluding hydrogens is 366 g/mol. The van der Waals surface area contributed by atoms with E-state index >= 15 is 0 Å². The first kappa shape index (κ1) is 18.3. The molecule has 0 bridgehead atoms. The van der Waals surface area contributed by atoms with Crippen molar-refractivity contribution in [2.45, 2.75) is 6.73 Å². The summed E-state index contributed by atoms with van der Waals surface area (Å²) in [6.07, 6.45) is 1.66. The van der Waals surface area contributed by atoms with E-state index in [0.717, 1.165) is 11.1 Å². The predicted octanol–water partition coefficient (Wildman–Crippen LogP) is 4.54. The van der Waals surface area contributed by atoms with E-state index in [1.807, 2.05) is 42.5 Å². The molecule has 0 aliphatic rings. The number of rotatable bonds is 6. The van der Waals surface area contributed by atoms with E-state index in [0.29, 0.717) is 11.4 Å². The zero-order chi connectivity index (χ0) is 20.1. The van der Waals surface area contributed by atoms with Crippen LogP contribution in [0.15, 0.2) is 91.1 Å². The lowest BCUT2D eigenvalue weighted by Crippen LogP contribution is -2.14. The molecule has 0 spiro atoms. The van der Waals surface area contributed by atoms with Gasteiger partial charge in [0.2, 0.25) is 0 Å². The van der Waals surface area contributed by atoms with Crippen LogP contribution in [0.4, 0.5) is 5.69 Å². The maximum atomic E-state index is 12.3. The molecule has 0 fully saturated rings. The summed E-state index contributed by atoms with van der Waals surface area (Å²) in [7, 11) is 0. The fourth-order valence-corrected chi connectivity index (χ4v) is 2.84. The van der Waals surface area contributed by atoms with Crippen molar-refractivity contribution in [2.24, 2.45) is 0 Å². The molecule has 2 N–H and O–H groups in total. The standard InChI is InChI=1S/C23H19N3O3/c27-22-9-5-4-8-20(22)24-23(28)21-14-15-26(25-21)16-29-19-12-10-18(11-13-19)17-6-2-1-3-7-17/h1-15,27H,16H2,(H,24,28). The van der Waals surface area contributed by atoms with E-state index in [-0.39, 0.29) is 18.2 Å². The molecule has 0 unspecified atom stereocenters. The van der Waals surface area contributed by atoms with Crippen LogP contribution in [0.1, 0.15) is 10.5 Å². The van der Waals surface area contributed by atoms with Gasteiger partial charge in [-0.25, -0.2) is 4.68 Å². The summed E-state index contributed by atoms with van der Waals surface area (Å²) in [5.41, 5.74) is 2.82. The molecule has 4 rings (SSSR count). The second kappa shape index (κ2) is 8.31. The number of ether oxygens (including phenoxy) is 1. The van der Waals surface area contributed by atoms with Crippen molar-refractivity contribution >= 4 is 11.6 Å². The third-order valence-corrected chi connectivity index (χ3v) is 4.35. The van der Waals surface area contributed by atoms with Gasteiger partial charge in [-0.05, 0) is 41.5 Å². The Morgan fingerprint density at radius 3 is 2.34 bits per heavy atom. The molecule has 0 aliphatic heterocycles. The molecule has 3 aromatic carbocycles. The molecule has 6 heteroatoms. The summed E-state index contributed by atoms with van der Waals surface area (Å²) >= 11 is 0. The molecule has 0 aliphatic carbocycles. The fraction of sp³-hybridized carbons (Fsp3) is 0.0435. The Bertz CT molecular complexity index is 1110. The molecule has 1 amide bonds. The summed E-state index contributed by atoms with van der Waals surface area (Å²) in [5, 5.41) is 16.6. The van der Waals surface area contributed by atoms with Crippen LogP contribution >= 0.6 is 0 Å². The lowest BCUT2D eigenvalue weighted by molar-refractivity contribution is 0.102. The van der Waals surface area contributed by atoms with Gasteiger partial charge < -0.3 is 15.2 Å². The SMILES string of the molecule is O=C(Nc1ccccc1O)c1ccn(COc2ccc(-c3ccccc3)cc2)n1. The monoisotopic (exact) mass is 385 g/mol. The number of aromatic nitrogens is 2. The number of para-hydroxylation sites is 2. The normalized spacial score (nSPS) is 10.5. The van der Waals surface area contributed by atoms with Crippen LogP contribution in [0, 0.1) is 0 Å². The van der Waals surface area contributed by atoms with Crippen molar-refractivity contribution in [1.82, 2.24) is 9.78 Å². The smallest absolute Gasteiger partial charge is 0.276 e. The van der Waals surface area contributed by atoms with Crippen LogP contribution < -0.4 is 10.1 Å². The number of carbonyl (C=O) groups is 1. The molecule has 0 atom stereocenters. The molecule has 0 saturated heterocycles. The van der Waals surface area contributed by atoms with Crippen LogP contribution in [-0.2, 0) is 6.73 Å². The van der Waals surface area contributed by atoms with Gasteiger partial charge in [-0.3, -0.25) is 4.79 Å². The van der Waals surface area contributed by atoms with Crippen molar-refractivity contribution in [3.05, 3.63) is 96.8 Å². The lowest BCUT2D eigenvalue weighted by atomic mass is 10.1. The van der Waals surface area contributed by atoms with Gasteiger partial charge in [0.05, 0.1) is 5.69 Å². The summed E-state index contributed by atoms with van der Waals surface area (Å²) in [6.45, 7) is 0.175. The van der Waals surface area contributed by atoms with Crippen molar-refractivity contribution in [1.29, 1.82) is 0 Å². The van der Waals surface area contributed by atoms with Gasteiger partial charge in [-0.1, -0.05) is 54.6 Å². The number of amides is 1. The minimum atomic E-state index is -0.405. The number of hydrogen-bond acceptors (Lipinski definition) is 4. The highest BCUT2D eigenvalue weighted by molar-refractivity contribution is 6.03. The molecule has 6 nitrogen and oxygen atoms in total. The molecule has 4 aromatic rings. The zero-order valence-corrected chi connectivity index (χ0v) is 15.5. The van der Waals surface area contributed by atoms with Gasteiger partial charge in [0, 0.05) is 6.20 Å². The van der Waals surface area contributed by atoms with Crippen LogP contribution in [0.3, 0.4) is 0 Å². The number of benzene rings is 3. The Hall–Kier alpha value is -4.06. The highest BCUT2D eigenvalue weighted by atomic mass is 16.5. The van der Waals surface area contributed by atoms with Crippen molar-refractivity contribution < 1.29 is 14.6 Å². The van der Waals surface area contributed by atoms with E-state index in [4.69, 9.17) is 4.74 Å². The second-order valence-corrected chi connectivity index (χ2v) is 6.38. The molecule has 0 saturated carbocycles. The van der Waals surface area contributed by atoms with Crippen molar-refractivity contribution in [3.8, 4) is 22.6 Å². The molecule has 144 valence electrons. The highest BCUT2D eigenvalue weighted by Gasteiger charge is 2.12.